The van der Waals surface area contributed by atoms with E-state index in [0.29, 0.717) is 78.5 Å². The molecule has 0 fully saturated rings. The van der Waals surface area contributed by atoms with Crippen LogP contribution < -0.4 is 0 Å². The second kappa shape index (κ2) is 18.3. The molecule has 0 N–H and O–H groups in total. The lowest BCUT2D eigenvalue weighted by molar-refractivity contribution is -0.144. The van der Waals surface area contributed by atoms with Crippen LogP contribution in [0.3, 0.4) is 0 Å². The van der Waals surface area contributed by atoms with Gasteiger partial charge < -0.3 is 9.13 Å². The number of hydrogen-bond donors (Lipinski definition) is 0. The fourth-order valence-corrected chi connectivity index (χ4v) is 10.4. The Morgan fingerprint density at radius 3 is 1.25 bits per heavy atom. The molecule has 3 nitrogen and oxygen atoms in total. The molecule has 0 unspecified atom stereocenters. The van der Waals surface area contributed by atoms with Crippen molar-refractivity contribution in [2.24, 2.45) is 0 Å². The van der Waals surface area contributed by atoms with E-state index in [1.54, 1.807) is 88.0 Å². The van der Waals surface area contributed by atoms with E-state index >= 15 is 0 Å². The van der Waals surface area contributed by atoms with E-state index in [0.717, 1.165) is 18.2 Å². The van der Waals surface area contributed by atoms with E-state index in [1.807, 2.05) is 0 Å². The van der Waals surface area contributed by atoms with Crippen LogP contribution in [-0.2, 0) is 30.9 Å². The molecule has 11 rings (SSSR count). The second-order valence-electron chi connectivity index (χ2n) is 18.9. The third-order valence-electron chi connectivity index (χ3n) is 13.9. The monoisotopic (exact) mass is 1090 g/mol. The largest absolute Gasteiger partial charge is 0.417 e. The maximum absolute atomic E-state index is 15.0. The Morgan fingerprint density at radius 2 is 0.759 bits per heavy atom. The van der Waals surface area contributed by atoms with Crippen LogP contribution in [-0.4, -0.2) is 9.13 Å². The van der Waals surface area contributed by atoms with Crippen LogP contribution in [0.5, 0.6) is 0 Å². The molecule has 0 spiro atoms. The highest BCUT2D eigenvalue weighted by molar-refractivity contribution is 6.13. The first-order chi connectivity index (χ1) is 37.2. The molecule has 11 aromatic rings. The highest BCUT2D eigenvalue weighted by Gasteiger charge is 2.40. The molecule has 2 aromatic heterocycles. The van der Waals surface area contributed by atoms with Gasteiger partial charge in [0.1, 0.15) is 0 Å². The number of halogens is 15. The molecule has 0 aliphatic rings. The molecule has 0 aliphatic heterocycles. The topological polar surface area (TPSA) is 33.6 Å². The molecular weight excluding hydrogens is 1060 g/mol. The SMILES string of the molecule is Cc1cc(-c2ccc3c(c2)c2ccccc2n3-c2cc(-c3ccc(C(F)(F)F)cc3C(F)(F)F)ccc2-c2ccc(C#N)cc2-n2c3ccccc3c3cc(-c4cc(C(F)(F)F)cc(C(F)(F)F)c4)ccc32)cc(C(F)(F)F)c1. The molecule has 18 heteroatoms. The average molecular weight is 1090 g/mol. The maximum Gasteiger partial charge on any atom is 0.417 e. The van der Waals surface area contributed by atoms with Crippen molar-refractivity contribution in [3.8, 4) is 62.0 Å². The van der Waals surface area contributed by atoms with Crippen molar-refractivity contribution in [3.05, 3.63) is 215 Å². The van der Waals surface area contributed by atoms with E-state index in [9.17, 15) is 71.1 Å². The molecule has 0 saturated heterocycles. The molecule has 2 heterocycles. The lowest BCUT2D eigenvalue weighted by Gasteiger charge is -2.21. The number of benzene rings is 9. The second-order valence-corrected chi connectivity index (χ2v) is 18.9. The summed E-state index contributed by atoms with van der Waals surface area (Å²) < 4.78 is 217. The molecule has 396 valence electrons. The van der Waals surface area contributed by atoms with Gasteiger partial charge in [-0.05, 0) is 143 Å². The van der Waals surface area contributed by atoms with Crippen LogP contribution in [0.25, 0.3) is 99.5 Å². The Balaban J connectivity index is 1.20. The number of nitriles is 1. The average Bonchev–Trinajstić information content (AvgIpc) is 3.83. The fraction of sp³-hybridized carbons (Fsp3) is 0.0984. The van der Waals surface area contributed by atoms with Crippen molar-refractivity contribution >= 4 is 43.6 Å². The third-order valence-corrected chi connectivity index (χ3v) is 13.9. The van der Waals surface area contributed by atoms with E-state index in [1.165, 1.54) is 55.5 Å². The summed E-state index contributed by atoms with van der Waals surface area (Å²) in [6, 6.07) is 39.6. The minimum Gasteiger partial charge on any atom is -0.309 e. The Labute approximate surface area is 437 Å². The van der Waals surface area contributed by atoms with Gasteiger partial charge in [-0.3, -0.25) is 0 Å². The molecule has 0 atom stereocenters. The van der Waals surface area contributed by atoms with Gasteiger partial charge in [0.2, 0.25) is 0 Å². The smallest absolute Gasteiger partial charge is 0.309 e. The van der Waals surface area contributed by atoms with Gasteiger partial charge in [0.15, 0.2) is 0 Å². The molecule has 9 aromatic carbocycles. The Kier molecular flexibility index (Phi) is 12.1. The predicted molar refractivity (Wildman–Crippen MR) is 271 cm³/mol. The van der Waals surface area contributed by atoms with Gasteiger partial charge >= 0.3 is 30.9 Å². The first-order valence-corrected chi connectivity index (χ1v) is 23.7. The van der Waals surface area contributed by atoms with Crippen LogP contribution in [0.4, 0.5) is 65.9 Å². The van der Waals surface area contributed by atoms with Gasteiger partial charge in [-0.1, -0.05) is 78.9 Å². The highest BCUT2D eigenvalue weighted by atomic mass is 19.4. The van der Waals surface area contributed by atoms with Gasteiger partial charge in [0.05, 0.1) is 72.9 Å². The van der Waals surface area contributed by atoms with E-state index in [2.05, 4.69) is 6.07 Å². The zero-order chi connectivity index (χ0) is 56.3. The van der Waals surface area contributed by atoms with E-state index in [4.69, 9.17) is 0 Å². The minimum atomic E-state index is -5.29. The summed E-state index contributed by atoms with van der Waals surface area (Å²) in [7, 11) is 0. The van der Waals surface area contributed by atoms with Crippen molar-refractivity contribution in [2.45, 2.75) is 37.8 Å². The lowest BCUT2D eigenvalue weighted by atomic mass is 9.92. The summed E-state index contributed by atoms with van der Waals surface area (Å²) in [5, 5.41) is 12.2. The van der Waals surface area contributed by atoms with Crippen molar-refractivity contribution in [1.82, 2.24) is 9.13 Å². The van der Waals surface area contributed by atoms with Crippen LogP contribution in [0, 0.1) is 18.3 Å². The first kappa shape index (κ1) is 52.1. The van der Waals surface area contributed by atoms with Crippen LogP contribution in [0.1, 0.15) is 38.9 Å². The summed E-state index contributed by atoms with van der Waals surface area (Å²) in [6.07, 6.45) is -25.4. The summed E-state index contributed by atoms with van der Waals surface area (Å²) in [4.78, 5) is 0. The Morgan fingerprint density at radius 1 is 0.329 bits per heavy atom. The number of alkyl halides is 15. The summed E-state index contributed by atoms with van der Waals surface area (Å²) in [5.41, 5.74) is -4.55. The fourth-order valence-electron chi connectivity index (χ4n) is 10.4. The van der Waals surface area contributed by atoms with Gasteiger partial charge in [-0.2, -0.15) is 71.1 Å². The number of rotatable bonds is 6. The quantitative estimate of drug-likeness (QED) is 0.153. The summed E-state index contributed by atoms with van der Waals surface area (Å²) in [5.74, 6) is 0. The Bertz CT molecular complexity index is 4300. The highest BCUT2D eigenvalue weighted by Crippen LogP contribution is 2.47. The normalized spacial score (nSPS) is 12.8. The lowest BCUT2D eigenvalue weighted by Crippen LogP contribution is -2.12. The first-order valence-electron chi connectivity index (χ1n) is 23.7. The van der Waals surface area contributed by atoms with Gasteiger partial charge in [-0.25, -0.2) is 0 Å². The number of fused-ring (bicyclic) bond motifs is 6. The van der Waals surface area contributed by atoms with Crippen LogP contribution >= 0.6 is 0 Å². The molecule has 0 amide bonds. The number of nitrogens with zero attached hydrogens (tertiary/aromatic N) is 3. The van der Waals surface area contributed by atoms with Crippen molar-refractivity contribution in [2.75, 3.05) is 0 Å². The zero-order valence-electron chi connectivity index (χ0n) is 40.3. The molecular formula is C61H32F15N3. The third kappa shape index (κ3) is 9.36. The van der Waals surface area contributed by atoms with Crippen molar-refractivity contribution in [3.63, 3.8) is 0 Å². The van der Waals surface area contributed by atoms with Gasteiger partial charge in [0, 0.05) is 32.7 Å². The number of aromatic nitrogens is 2. The molecule has 0 aliphatic carbocycles. The summed E-state index contributed by atoms with van der Waals surface area (Å²) in [6.45, 7) is 1.52. The number of aryl methyl sites for hydroxylation is 1. The Hall–Kier alpha value is -8.98. The molecule has 0 saturated carbocycles. The summed E-state index contributed by atoms with van der Waals surface area (Å²) >= 11 is 0. The standard InChI is InChI=1S/C61H32F15N3/c1-32-20-37(23-40(21-32)58(65,66)67)34-12-18-54-48(26-34)45-7-3-5-9-52(45)79(54)56-28-36(43-17-14-39(57(62,63)64)30-50(43)61(74,75)76)11-16-47(56)46-15-10-33(31-77)22-55(46)78-51-8-4-2-6-44(51)49-27-35(13-19-53(49)78)38-24-41(59(68,69)70)29-42(25-38)60(71,72)73/h2-30H,1H3. The van der Waals surface area contributed by atoms with Crippen molar-refractivity contribution in [1.29, 1.82) is 5.26 Å². The maximum atomic E-state index is 15.0. The molecule has 79 heavy (non-hydrogen) atoms. The van der Waals surface area contributed by atoms with E-state index < -0.39 is 64.3 Å². The van der Waals surface area contributed by atoms with Gasteiger partial charge in [-0.15, -0.1) is 0 Å². The number of hydrogen-bond acceptors (Lipinski definition) is 1. The van der Waals surface area contributed by atoms with E-state index in [-0.39, 0.29) is 56.9 Å². The minimum absolute atomic E-state index is 0.00455. The van der Waals surface area contributed by atoms with Crippen molar-refractivity contribution < 1.29 is 65.9 Å². The zero-order valence-corrected chi connectivity index (χ0v) is 40.3. The number of para-hydroxylation sites is 2. The van der Waals surface area contributed by atoms with Crippen LogP contribution in [0.2, 0.25) is 0 Å². The van der Waals surface area contributed by atoms with Gasteiger partial charge in [0.25, 0.3) is 0 Å². The predicted octanol–water partition coefficient (Wildman–Crippen LogP) is 19.8. The molecule has 0 bridgehead atoms. The van der Waals surface area contributed by atoms with Crippen LogP contribution in [0.15, 0.2) is 176 Å². The molecule has 0 radical (unpaired) electrons.